The van der Waals surface area contributed by atoms with E-state index in [0.717, 1.165) is 11.6 Å². The summed E-state index contributed by atoms with van der Waals surface area (Å²) in [6.07, 6.45) is 0. The van der Waals surface area contributed by atoms with Gasteiger partial charge in [0.05, 0.1) is 17.4 Å². The van der Waals surface area contributed by atoms with Crippen molar-refractivity contribution in [2.75, 3.05) is 17.7 Å². The van der Waals surface area contributed by atoms with E-state index in [0.29, 0.717) is 5.02 Å². The molecule has 1 unspecified atom stereocenters. The zero-order valence-electron chi connectivity index (χ0n) is 11.2. The van der Waals surface area contributed by atoms with E-state index in [9.17, 15) is 8.78 Å². The Hall–Kier alpha value is -1.81. The molecule has 2 N–H and O–H groups in total. The van der Waals surface area contributed by atoms with Crippen molar-refractivity contribution in [1.82, 2.24) is 0 Å². The zero-order chi connectivity index (χ0) is 14.9. The Balaban J connectivity index is 2.44. The van der Waals surface area contributed by atoms with Crippen LogP contribution < -0.4 is 10.6 Å². The summed E-state index contributed by atoms with van der Waals surface area (Å²) in [5, 5.41) is 0.572. The molecule has 2 aromatic carbocycles. The van der Waals surface area contributed by atoms with Crippen LogP contribution in [-0.2, 0) is 0 Å². The summed E-state index contributed by atoms with van der Waals surface area (Å²) in [7, 11) is 1.65. The summed E-state index contributed by atoms with van der Waals surface area (Å²) in [5.74, 6) is -1.88. The molecular formula is C15H15ClF2N2. The number of nitrogens with zero attached hydrogens (tertiary/aromatic N) is 1. The van der Waals surface area contributed by atoms with E-state index in [1.54, 1.807) is 18.0 Å². The number of hydrogen-bond acceptors (Lipinski definition) is 2. The minimum Gasteiger partial charge on any atom is -0.397 e. The van der Waals surface area contributed by atoms with Crippen molar-refractivity contribution in [2.45, 2.75) is 13.0 Å². The van der Waals surface area contributed by atoms with Gasteiger partial charge in [-0.1, -0.05) is 29.8 Å². The Bertz CT molecular complexity index is 631. The minimum atomic E-state index is -0.952. The van der Waals surface area contributed by atoms with Crippen LogP contribution in [0.15, 0.2) is 36.4 Å². The highest BCUT2D eigenvalue weighted by molar-refractivity contribution is 6.31. The molecule has 0 amide bonds. The second-order valence-electron chi connectivity index (χ2n) is 4.61. The Morgan fingerprint density at radius 1 is 1.15 bits per heavy atom. The highest BCUT2D eigenvalue weighted by atomic mass is 35.5. The molecule has 0 spiro atoms. The Morgan fingerprint density at radius 2 is 1.80 bits per heavy atom. The Morgan fingerprint density at radius 3 is 2.45 bits per heavy atom. The summed E-state index contributed by atoms with van der Waals surface area (Å²) in [6.45, 7) is 1.85. The first-order valence-corrected chi connectivity index (χ1v) is 6.52. The predicted octanol–water partition coefficient (Wildman–Crippen LogP) is 4.40. The number of halogens is 3. The molecule has 0 aliphatic rings. The van der Waals surface area contributed by atoms with Crippen molar-refractivity contribution in [3.05, 3.63) is 58.6 Å². The monoisotopic (exact) mass is 296 g/mol. The van der Waals surface area contributed by atoms with Gasteiger partial charge in [-0.15, -0.1) is 0 Å². The standard InChI is InChI=1S/C15H15ClF2N2/c1-9(10-5-3-4-6-11(10)16)20(2)15-13(19)8-7-12(17)14(15)18/h3-9H,19H2,1-2H3. The molecule has 0 radical (unpaired) electrons. The van der Waals surface area contributed by atoms with Gasteiger partial charge in [0.25, 0.3) is 0 Å². The van der Waals surface area contributed by atoms with Gasteiger partial charge in [0, 0.05) is 12.1 Å². The van der Waals surface area contributed by atoms with E-state index < -0.39 is 11.6 Å². The Kier molecular flexibility index (Phi) is 4.14. The van der Waals surface area contributed by atoms with Crippen molar-refractivity contribution in [3.63, 3.8) is 0 Å². The smallest absolute Gasteiger partial charge is 0.184 e. The maximum Gasteiger partial charge on any atom is 0.184 e. The Labute approximate surface area is 121 Å². The first kappa shape index (κ1) is 14.6. The summed E-state index contributed by atoms with van der Waals surface area (Å²) in [5.41, 5.74) is 6.81. The van der Waals surface area contributed by atoms with Gasteiger partial charge in [-0.25, -0.2) is 8.78 Å². The topological polar surface area (TPSA) is 29.3 Å². The van der Waals surface area contributed by atoms with Crippen LogP contribution in [0, 0.1) is 11.6 Å². The molecule has 2 rings (SSSR count). The quantitative estimate of drug-likeness (QED) is 0.851. The SMILES string of the molecule is CC(c1ccccc1Cl)N(C)c1c(N)ccc(F)c1F. The summed E-state index contributed by atoms with van der Waals surface area (Å²) in [6, 6.07) is 9.38. The van der Waals surface area contributed by atoms with Crippen molar-refractivity contribution < 1.29 is 8.78 Å². The molecule has 0 bridgehead atoms. The average Bonchev–Trinajstić information content (AvgIpc) is 2.43. The van der Waals surface area contributed by atoms with Crippen LogP contribution in [0.2, 0.25) is 5.02 Å². The number of rotatable bonds is 3. The summed E-state index contributed by atoms with van der Waals surface area (Å²) >= 11 is 6.14. The van der Waals surface area contributed by atoms with Crippen molar-refractivity contribution in [3.8, 4) is 0 Å². The van der Waals surface area contributed by atoms with Gasteiger partial charge >= 0.3 is 0 Å². The van der Waals surface area contributed by atoms with Gasteiger partial charge in [0.1, 0.15) is 0 Å². The van der Waals surface area contributed by atoms with Crippen molar-refractivity contribution in [1.29, 1.82) is 0 Å². The molecule has 2 nitrogen and oxygen atoms in total. The molecule has 5 heteroatoms. The largest absolute Gasteiger partial charge is 0.397 e. The van der Waals surface area contributed by atoms with Crippen LogP contribution in [0.25, 0.3) is 0 Å². The lowest BCUT2D eigenvalue weighted by Gasteiger charge is -2.29. The first-order chi connectivity index (χ1) is 9.43. The van der Waals surface area contributed by atoms with E-state index in [1.807, 2.05) is 25.1 Å². The van der Waals surface area contributed by atoms with Crippen LogP contribution in [-0.4, -0.2) is 7.05 Å². The zero-order valence-corrected chi connectivity index (χ0v) is 12.0. The normalized spacial score (nSPS) is 12.2. The molecule has 1 atom stereocenters. The van der Waals surface area contributed by atoms with Gasteiger partial charge < -0.3 is 10.6 Å². The average molecular weight is 297 g/mol. The van der Waals surface area contributed by atoms with E-state index in [4.69, 9.17) is 17.3 Å². The van der Waals surface area contributed by atoms with E-state index in [-0.39, 0.29) is 17.4 Å². The second kappa shape index (κ2) is 5.67. The summed E-state index contributed by atoms with van der Waals surface area (Å²) in [4.78, 5) is 1.58. The third-order valence-corrected chi connectivity index (χ3v) is 3.73. The van der Waals surface area contributed by atoms with Gasteiger partial charge in [-0.2, -0.15) is 0 Å². The van der Waals surface area contributed by atoms with Gasteiger partial charge in [0.15, 0.2) is 11.6 Å². The van der Waals surface area contributed by atoms with Gasteiger partial charge in [-0.05, 0) is 30.7 Å². The predicted molar refractivity (Wildman–Crippen MR) is 79.0 cm³/mol. The van der Waals surface area contributed by atoms with Crippen LogP contribution in [0.5, 0.6) is 0 Å². The third kappa shape index (κ3) is 2.56. The fraction of sp³-hybridized carbons (Fsp3) is 0.200. The summed E-state index contributed by atoms with van der Waals surface area (Å²) < 4.78 is 27.3. The molecule has 0 saturated heterocycles. The highest BCUT2D eigenvalue weighted by Gasteiger charge is 2.21. The molecule has 0 aliphatic heterocycles. The molecule has 0 fully saturated rings. The third-order valence-electron chi connectivity index (χ3n) is 3.39. The van der Waals surface area contributed by atoms with Crippen molar-refractivity contribution >= 4 is 23.0 Å². The molecule has 0 heterocycles. The maximum absolute atomic E-state index is 14.0. The van der Waals surface area contributed by atoms with Gasteiger partial charge in [-0.3, -0.25) is 0 Å². The lowest BCUT2D eigenvalue weighted by molar-refractivity contribution is 0.505. The number of nitrogens with two attached hydrogens (primary N) is 1. The molecule has 0 saturated carbocycles. The van der Waals surface area contributed by atoms with Crippen LogP contribution in [0.1, 0.15) is 18.5 Å². The molecule has 0 aliphatic carbocycles. The number of nitrogen functional groups attached to an aromatic ring is 1. The number of anilines is 2. The highest BCUT2D eigenvalue weighted by Crippen LogP contribution is 2.35. The van der Waals surface area contributed by atoms with Crippen molar-refractivity contribution in [2.24, 2.45) is 0 Å². The molecular weight excluding hydrogens is 282 g/mol. The fourth-order valence-corrected chi connectivity index (χ4v) is 2.42. The second-order valence-corrected chi connectivity index (χ2v) is 5.01. The molecule has 0 aromatic heterocycles. The molecule has 20 heavy (non-hydrogen) atoms. The van der Waals surface area contributed by atoms with Crippen LogP contribution in [0.4, 0.5) is 20.2 Å². The van der Waals surface area contributed by atoms with Gasteiger partial charge in [0.2, 0.25) is 0 Å². The first-order valence-electron chi connectivity index (χ1n) is 6.14. The van der Waals surface area contributed by atoms with E-state index in [1.165, 1.54) is 6.07 Å². The molecule has 106 valence electrons. The van der Waals surface area contributed by atoms with E-state index in [2.05, 4.69) is 0 Å². The van der Waals surface area contributed by atoms with E-state index >= 15 is 0 Å². The van der Waals surface area contributed by atoms with Crippen LogP contribution in [0.3, 0.4) is 0 Å². The lowest BCUT2D eigenvalue weighted by Crippen LogP contribution is -2.24. The fourth-order valence-electron chi connectivity index (χ4n) is 2.13. The number of hydrogen-bond donors (Lipinski definition) is 1. The maximum atomic E-state index is 14.0. The minimum absolute atomic E-state index is 0.0393. The molecule has 2 aromatic rings. The van der Waals surface area contributed by atoms with Crippen LogP contribution >= 0.6 is 11.6 Å². The number of benzene rings is 2. The lowest BCUT2D eigenvalue weighted by atomic mass is 10.1.